The van der Waals surface area contributed by atoms with Crippen molar-refractivity contribution in [1.82, 2.24) is 4.90 Å². The number of amides is 3. The van der Waals surface area contributed by atoms with Crippen molar-refractivity contribution in [3.63, 3.8) is 0 Å². The number of nitrogens with one attached hydrogen (secondary N) is 1. The first-order valence-corrected chi connectivity index (χ1v) is 8.08. The Morgan fingerprint density at radius 2 is 1.80 bits per heavy atom. The first kappa shape index (κ1) is 16.8. The van der Waals surface area contributed by atoms with E-state index in [0.29, 0.717) is 37.4 Å². The molecule has 7 heteroatoms. The van der Waals surface area contributed by atoms with Gasteiger partial charge >= 0.3 is 0 Å². The van der Waals surface area contributed by atoms with Crippen LogP contribution in [0.25, 0.3) is 0 Å². The molecular weight excluding hydrogens is 322 g/mol. The van der Waals surface area contributed by atoms with Gasteiger partial charge in [-0.15, -0.1) is 0 Å². The van der Waals surface area contributed by atoms with Crippen molar-refractivity contribution >= 4 is 23.4 Å². The lowest BCUT2D eigenvalue weighted by Crippen LogP contribution is -2.41. The zero-order valence-corrected chi connectivity index (χ0v) is 13.6. The molecule has 3 amide bonds. The van der Waals surface area contributed by atoms with Crippen LogP contribution in [0, 0.1) is 5.92 Å². The number of likely N-dealkylation sites (tertiary alicyclic amines) is 1. The van der Waals surface area contributed by atoms with Crippen molar-refractivity contribution < 1.29 is 18.8 Å². The van der Waals surface area contributed by atoms with Crippen LogP contribution in [0.3, 0.4) is 0 Å². The summed E-state index contributed by atoms with van der Waals surface area (Å²) < 4.78 is 5.12. The quantitative estimate of drug-likeness (QED) is 0.885. The number of para-hydroxylation sites is 1. The number of hydrogen-bond donors (Lipinski definition) is 2. The van der Waals surface area contributed by atoms with E-state index < -0.39 is 5.91 Å². The molecule has 1 aliphatic rings. The van der Waals surface area contributed by atoms with E-state index in [1.165, 1.54) is 6.26 Å². The summed E-state index contributed by atoms with van der Waals surface area (Å²) in [6.45, 7) is 0.962. The number of furan rings is 1. The predicted octanol–water partition coefficient (Wildman–Crippen LogP) is 1.87. The van der Waals surface area contributed by atoms with Gasteiger partial charge in [0.15, 0.2) is 5.76 Å². The van der Waals surface area contributed by atoms with Crippen LogP contribution in [0.2, 0.25) is 0 Å². The predicted molar refractivity (Wildman–Crippen MR) is 90.9 cm³/mol. The maximum Gasteiger partial charge on any atom is 0.289 e. The van der Waals surface area contributed by atoms with Gasteiger partial charge in [-0.25, -0.2) is 0 Å². The van der Waals surface area contributed by atoms with Crippen LogP contribution in [0.5, 0.6) is 0 Å². The topological polar surface area (TPSA) is 106 Å². The second-order valence-electron chi connectivity index (χ2n) is 5.94. The van der Waals surface area contributed by atoms with Crippen LogP contribution >= 0.6 is 0 Å². The van der Waals surface area contributed by atoms with Crippen molar-refractivity contribution in [2.75, 3.05) is 18.4 Å². The zero-order valence-electron chi connectivity index (χ0n) is 13.6. The molecule has 1 aliphatic heterocycles. The molecule has 0 aliphatic carbocycles. The second-order valence-corrected chi connectivity index (χ2v) is 5.94. The molecule has 1 aromatic carbocycles. The summed E-state index contributed by atoms with van der Waals surface area (Å²) >= 11 is 0. The lowest BCUT2D eigenvalue weighted by Gasteiger charge is -2.30. The van der Waals surface area contributed by atoms with Gasteiger partial charge in [-0.1, -0.05) is 12.1 Å². The molecular formula is C18H19N3O4. The summed E-state index contributed by atoms with van der Waals surface area (Å²) in [6.07, 6.45) is 2.57. The standard InChI is InChI=1S/C18H19N3O4/c19-16(22)13-4-1-2-5-14(13)20-17(23)12-7-9-21(10-8-12)18(24)15-6-3-11-25-15/h1-6,11-12H,7-10H2,(H2,19,22)(H,20,23). The molecule has 0 radical (unpaired) electrons. The molecule has 0 spiro atoms. The van der Waals surface area contributed by atoms with Crippen LogP contribution in [0.15, 0.2) is 47.1 Å². The third-order valence-electron chi connectivity index (χ3n) is 4.34. The van der Waals surface area contributed by atoms with Gasteiger partial charge in [0, 0.05) is 19.0 Å². The Bertz CT molecular complexity index is 777. The summed E-state index contributed by atoms with van der Waals surface area (Å²) in [7, 11) is 0. The van der Waals surface area contributed by atoms with Crippen LogP contribution in [0.4, 0.5) is 5.69 Å². The number of carbonyl (C=O) groups excluding carboxylic acids is 3. The molecule has 0 unspecified atom stereocenters. The minimum Gasteiger partial charge on any atom is -0.459 e. The first-order valence-electron chi connectivity index (χ1n) is 8.08. The third kappa shape index (κ3) is 3.71. The van der Waals surface area contributed by atoms with E-state index in [-0.39, 0.29) is 23.3 Å². The molecule has 3 rings (SSSR count). The number of benzene rings is 1. The van der Waals surface area contributed by atoms with Gasteiger partial charge in [-0.05, 0) is 37.1 Å². The van der Waals surface area contributed by atoms with Crippen LogP contribution < -0.4 is 11.1 Å². The Balaban J connectivity index is 1.59. The summed E-state index contributed by atoms with van der Waals surface area (Å²) in [5.74, 6) is -0.837. The van der Waals surface area contributed by atoms with Crippen molar-refractivity contribution in [2.24, 2.45) is 11.7 Å². The molecule has 0 bridgehead atoms. The number of piperidine rings is 1. The normalized spacial score (nSPS) is 15.0. The van der Waals surface area contributed by atoms with Crippen molar-refractivity contribution in [1.29, 1.82) is 0 Å². The van der Waals surface area contributed by atoms with Gasteiger partial charge in [-0.2, -0.15) is 0 Å². The maximum absolute atomic E-state index is 12.5. The molecule has 0 atom stereocenters. The van der Waals surface area contributed by atoms with Crippen molar-refractivity contribution in [3.8, 4) is 0 Å². The summed E-state index contributed by atoms with van der Waals surface area (Å²) in [5.41, 5.74) is 6.01. The first-order chi connectivity index (χ1) is 12.1. The van der Waals surface area contributed by atoms with E-state index in [1.54, 1.807) is 41.3 Å². The van der Waals surface area contributed by atoms with E-state index in [4.69, 9.17) is 10.2 Å². The molecule has 2 heterocycles. The second kappa shape index (κ2) is 7.21. The molecule has 2 aromatic rings. The van der Waals surface area contributed by atoms with E-state index >= 15 is 0 Å². The fourth-order valence-corrected chi connectivity index (χ4v) is 2.94. The molecule has 1 aromatic heterocycles. The Morgan fingerprint density at radius 1 is 1.08 bits per heavy atom. The monoisotopic (exact) mass is 341 g/mol. The molecule has 1 saturated heterocycles. The van der Waals surface area contributed by atoms with Crippen LogP contribution in [0.1, 0.15) is 33.8 Å². The number of rotatable bonds is 4. The summed E-state index contributed by atoms with van der Waals surface area (Å²) in [5, 5.41) is 2.77. The molecule has 25 heavy (non-hydrogen) atoms. The highest BCUT2D eigenvalue weighted by molar-refractivity contribution is 6.03. The van der Waals surface area contributed by atoms with E-state index in [0.717, 1.165) is 0 Å². The van der Waals surface area contributed by atoms with Crippen molar-refractivity contribution in [3.05, 3.63) is 54.0 Å². The molecule has 3 N–H and O–H groups in total. The lowest BCUT2D eigenvalue weighted by molar-refractivity contribution is -0.121. The molecule has 1 fully saturated rings. The van der Waals surface area contributed by atoms with Gasteiger partial charge in [0.1, 0.15) is 0 Å². The maximum atomic E-state index is 12.5. The highest BCUT2D eigenvalue weighted by atomic mass is 16.3. The third-order valence-corrected chi connectivity index (χ3v) is 4.34. The lowest BCUT2D eigenvalue weighted by atomic mass is 9.95. The van der Waals surface area contributed by atoms with Gasteiger partial charge < -0.3 is 20.4 Å². The Labute approximate surface area is 144 Å². The fraction of sp³-hybridized carbons (Fsp3) is 0.278. The highest BCUT2D eigenvalue weighted by Crippen LogP contribution is 2.22. The van der Waals surface area contributed by atoms with E-state index in [9.17, 15) is 14.4 Å². The average molecular weight is 341 g/mol. The number of carbonyl (C=O) groups is 3. The molecule has 0 saturated carbocycles. The van der Waals surface area contributed by atoms with Gasteiger partial charge in [-0.3, -0.25) is 14.4 Å². The minimum atomic E-state index is -0.588. The molecule has 130 valence electrons. The fourth-order valence-electron chi connectivity index (χ4n) is 2.94. The average Bonchev–Trinajstić information content (AvgIpc) is 3.16. The van der Waals surface area contributed by atoms with Gasteiger partial charge in [0.25, 0.3) is 11.8 Å². The Kier molecular flexibility index (Phi) is 4.83. The van der Waals surface area contributed by atoms with E-state index in [2.05, 4.69) is 5.32 Å². The summed E-state index contributed by atoms with van der Waals surface area (Å²) in [4.78, 5) is 37.8. The van der Waals surface area contributed by atoms with Crippen molar-refractivity contribution in [2.45, 2.75) is 12.8 Å². The number of hydrogen-bond acceptors (Lipinski definition) is 4. The number of primary amides is 1. The SMILES string of the molecule is NC(=O)c1ccccc1NC(=O)C1CCN(C(=O)c2ccco2)CC1. The van der Waals surface area contributed by atoms with Crippen LogP contribution in [-0.4, -0.2) is 35.7 Å². The van der Waals surface area contributed by atoms with E-state index in [1.807, 2.05) is 0 Å². The number of anilines is 1. The number of nitrogens with two attached hydrogens (primary N) is 1. The highest BCUT2D eigenvalue weighted by Gasteiger charge is 2.29. The number of nitrogens with zero attached hydrogens (tertiary/aromatic N) is 1. The Morgan fingerprint density at radius 3 is 2.44 bits per heavy atom. The van der Waals surface area contributed by atoms with Gasteiger partial charge in [0.2, 0.25) is 5.91 Å². The van der Waals surface area contributed by atoms with Gasteiger partial charge in [0.05, 0.1) is 17.5 Å². The summed E-state index contributed by atoms with van der Waals surface area (Å²) in [6, 6.07) is 9.93. The zero-order chi connectivity index (χ0) is 17.8. The largest absolute Gasteiger partial charge is 0.459 e. The molecule has 7 nitrogen and oxygen atoms in total. The minimum absolute atomic E-state index is 0.164. The smallest absolute Gasteiger partial charge is 0.289 e. The van der Waals surface area contributed by atoms with Crippen LogP contribution in [-0.2, 0) is 4.79 Å². The Hall–Kier alpha value is -3.09.